The minimum absolute atomic E-state index is 0.0768. The summed E-state index contributed by atoms with van der Waals surface area (Å²) in [5, 5.41) is 26.8. The number of aryl methyl sites for hydroxylation is 2. The Hall–Kier alpha value is -4.60. The number of methoxy groups -OCH3 is 2. The Kier molecular flexibility index (Phi) is 7.01. The first-order valence-corrected chi connectivity index (χ1v) is 10.1. The largest absolute Gasteiger partial charge is 0.502 e. The molecule has 0 saturated carbocycles. The molecule has 0 unspecified atom stereocenters. The molecule has 10 nitrogen and oxygen atoms in total. The maximum absolute atomic E-state index is 13.1. The van der Waals surface area contributed by atoms with Gasteiger partial charge in [-0.05, 0) is 55.3 Å². The van der Waals surface area contributed by atoms with Crippen molar-refractivity contribution in [1.82, 2.24) is 0 Å². The van der Waals surface area contributed by atoms with Gasteiger partial charge in [0.05, 0.1) is 41.6 Å². The maximum Gasteiger partial charge on any atom is 0.311 e. The third kappa shape index (κ3) is 4.90. The van der Waals surface area contributed by atoms with Crippen molar-refractivity contribution in [2.24, 2.45) is 0 Å². The summed E-state index contributed by atoms with van der Waals surface area (Å²) in [5.41, 5.74) is 0.933. The molecule has 0 fully saturated rings. The second-order valence-corrected chi connectivity index (χ2v) is 7.44. The van der Waals surface area contributed by atoms with Gasteiger partial charge in [-0.15, -0.1) is 0 Å². The molecular formula is C24H23N3O7. The molecule has 0 saturated heterocycles. The maximum atomic E-state index is 13.1. The van der Waals surface area contributed by atoms with Gasteiger partial charge in [-0.3, -0.25) is 19.7 Å². The van der Waals surface area contributed by atoms with Crippen LogP contribution in [-0.4, -0.2) is 36.1 Å². The summed E-state index contributed by atoms with van der Waals surface area (Å²) in [5.74, 6) is -1.52. The van der Waals surface area contributed by atoms with Crippen LogP contribution in [0.5, 0.6) is 17.2 Å². The molecule has 3 N–H and O–H groups in total. The van der Waals surface area contributed by atoms with Gasteiger partial charge in [0.15, 0.2) is 5.75 Å². The predicted octanol–water partition coefficient (Wildman–Crippen LogP) is 4.44. The number of rotatable bonds is 7. The van der Waals surface area contributed by atoms with Gasteiger partial charge in [0.2, 0.25) is 5.75 Å². The number of nitrogens with one attached hydrogen (secondary N) is 2. The molecule has 0 radical (unpaired) electrons. The Balaban J connectivity index is 1.99. The van der Waals surface area contributed by atoms with E-state index in [1.165, 1.54) is 26.4 Å². The number of benzene rings is 3. The van der Waals surface area contributed by atoms with E-state index in [0.29, 0.717) is 22.6 Å². The zero-order chi connectivity index (χ0) is 25.0. The summed E-state index contributed by atoms with van der Waals surface area (Å²) in [6.45, 7) is 3.29. The molecule has 0 aliphatic carbocycles. The average Bonchev–Trinajstić information content (AvgIpc) is 2.80. The Morgan fingerprint density at radius 3 is 2.12 bits per heavy atom. The molecule has 10 heteroatoms. The number of phenolic OH excluding ortho intramolecular Hbond substituents is 1. The summed E-state index contributed by atoms with van der Waals surface area (Å²) >= 11 is 0. The van der Waals surface area contributed by atoms with E-state index in [-0.39, 0.29) is 22.6 Å². The van der Waals surface area contributed by atoms with Crippen molar-refractivity contribution in [2.45, 2.75) is 13.8 Å². The van der Waals surface area contributed by atoms with Gasteiger partial charge in [0, 0.05) is 6.07 Å². The van der Waals surface area contributed by atoms with Crippen molar-refractivity contribution in [3.8, 4) is 17.2 Å². The third-order valence-electron chi connectivity index (χ3n) is 4.96. The summed E-state index contributed by atoms with van der Waals surface area (Å²) in [7, 11) is 2.83. The lowest BCUT2D eigenvalue weighted by Gasteiger charge is -2.17. The fourth-order valence-electron chi connectivity index (χ4n) is 3.45. The monoisotopic (exact) mass is 465 g/mol. The zero-order valence-electron chi connectivity index (χ0n) is 19.0. The van der Waals surface area contributed by atoms with Gasteiger partial charge in [-0.2, -0.15) is 0 Å². The molecule has 0 aliphatic rings. The topological polar surface area (TPSA) is 140 Å². The highest BCUT2D eigenvalue weighted by Crippen LogP contribution is 2.35. The molecule has 0 spiro atoms. The van der Waals surface area contributed by atoms with Gasteiger partial charge in [0.1, 0.15) is 5.75 Å². The van der Waals surface area contributed by atoms with Gasteiger partial charge < -0.3 is 25.2 Å². The Morgan fingerprint density at radius 1 is 0.882 bits per heavy atom. The van der Waals surface area contributed by atoms with Gasteiger partial charge in [-0.25, -0.2) is 0 Å². The first-order chi connectivity index (χ1) is 16.2. The lowest BCUT2D eigenvalue weighted by Crippen LogP contribution is -2.17. The van der Waals surface area contributed by atoms with Gasteiger partial charge in [0.25, 0.3) is 11.8 Å². The van der Waals surface area contributed by atoms with E-state index in [1.807, 2.05) is 0 Å². The predicted molar refractivity (Wildman–Crippen MR) is 126 cm³/mol. The van der Waals surface area contributed by atoms with Crippen LogP contribution in [0, 0.1) is 24.0 Å². The Bertz CT molecular complexity index is 1290. The number of para-hydroxylation sites is 2. The van der Waals surface area contributed by atoms with Gasteiger partial charge >= 0.3 is 5.69 Å². The molecule has 3 rings (SSSR count). The highest BCUT2D eigenvalue weighted by atomic mass is 16.6. The molecule has 0 bridgehead atoms. The van der Waals surface area contributed by atoms with E-state index in [2.05, 4.69) is 10.6 Å². The Labute approximate surface area is 195 Å². The van der Waals surface area contributed by atoms with Crippen molar-refractivity contribution >= 4 is 28.9 Å². The molecule has 0 aliphatic heterocycles. The van der Waals surface area contributed by atoms with E-state index < -0.39 is 28.2 Å². The highest BCUT2D eigenvalue weighted by molar-refractivity contribution is 6.11. The number of nitrogens with zero attached hydrogens (tertiary/aromatic N) is 1. The van der Waals surface area contributed by atoms with Crippen molar-refractivity contribution in [3.63, 3.8) is 0 Å². The van der Waals surface area contributed by atoms with Crippen molar-refractivity contribution in [1.29, 1.82) is 0 Å². The second-order valence-electron chi connectivity index (χ2n) is 7.44. The number of ether oxygens (including phenoxy) is 2. The number of carbonyl (C=O) groups excluding carboxylic acids is 2. The van der Waals surface area contributed by atoms with Crippen LogP contribution >= 0.6 is 0 Å². The average molecular weight is 465 g/mol. The highest BCUT2D eigenvalue weighted by Gasteiger charge is 2.25. The quantitative estimate of drug-likeness (QED) is 0.346. The van der Waals surface area contributed by atoms with E-state index in [0.717, 1.165) is 0 Å². The number of nitro groups is 1. The molecule has 0 heterocycles. The normalized spacial score (nSPS) is 10.4. The fraction of sp³-hybridized carbons (Fsp3) is 0.167. The Morgan fingerprint density at radius 2 is 1.47 bits per heavy atom. The van der Waals surface area contributed by atoms with E-state index in [9.17, 15) is 24.8 Å². The molecule has 176 valence electrons. The summed E-state index contributed by atoms with van der Waals surface area (Å²) in [4.78, 5) is 36.4. The fourth-order valence-corrected chi connectivity index (χ4v) is 3.45. The van der Waals surface area contributed by atoms with Gasteiger partial charge in [-0.1, -0.05) is 12.1 Å². The van der Waals surface area contributed by atoms with Crippen LogP contribution in [0.4, 0.5) is 17.1 Å². The minimum Gasteiger partial charge on any atom is -0.502 e. The number of amides is 2. The number of carbonyl (C=O) groups is 2. The molecule has 0 aromatic heterocycles. The molecule has 34 heavy (non-hydrogen) atoms. The van der Waals surface area contributed by atoms with Crippen LogP contribution in [0.3, 0.4) is 0 Å². The number of hydrogen-bond donors (Lipinski definition) is 3. The first-order valence-electron chi connectivity index (χ1n) is 10.1. The van der Waals surface area contributed by atoms with Crippen LogP contribution in [0.2, 0.25) is 0 Å². The first kappa shape index (κ1) is 24.1. The SMILES string of the molecule is COc1ccccc1NC(=O)c1cc(C)cc(NC(=O)c2cc(C)cc([N+](=O)[O-])c2O)c1OC. The standard InChI is InChI=1S/C24H23N3O7/c1-13-10-16(24(30)25-17-7-5-6-8-20(17)33-3)22(34-4)18(11-13)26-23(29)15-9-14(2)12-19(21(15)28)27(31)32/h5-12,28H,1-4H3,(H,25,30)(H,26,29). The van der Waals surface area contributed by atoms with Crippen molar-refractivity contribution < 1.29 is 29.1 Å². The summed E-state index contributed by atoms with van der Waals surface area (Å²) in [6.07, 6.45) is 0. The summed E-state index contributed by atoms with van der Waals surface area (Å²) < 4.78 is 10.7. The van der Waals surface area contributed by atoms with Crippen LogP contribution in [0.25, 0.3) is 0 Å². The lowest BCUT2D eigenvalue weighted by atomic mass is 10.1. The third-order valence-corrected chi connectivity index (χ3v) is 4.96. The van der Waals surface area contributed by atoms with Crippen LogP contribution in [0.1, 0.15) is 31.8 Å². The number of anilines is 2. The number of nitro benzene ring substituents is 1. The van der Waals surface area contributed by atoms with Crippen LogP contribution in [-0.2, 0) is 0 Å². The summed E-state index contributed by atoms with van der Waals surface area (Å²) in [6, 6.07) is 12.5. The minimum atomic E-state index is -0.802. The molecular weight excluding hydrogens is 442 g/mol. The smallest absolute Gasteiger partial charge is 0.311 e. The van der Waals surface area contributed by atoms with Crippen LogP contribution in [0.15, 0.2) is 48.5 Å². The van der Waals surface area contributed by atoms with E-state index >= 15 is 0 Å². The van der Waals surface area contributed by atoms with Crippen LogP contribution < -0.4 is 20.1 Å². The second kappa shape index (κ2) is 9.90. The number of phenols is 1. The van der Waals surface area contributed by atoms with E-state index in [4.69, 9.17) is 9.47 Å². The molecule has 3 aromatic carbocycles. The molecule has 2 amide bonds. The zero-order valence-corrected chi connectivity index (χ0v) is 19.0. The van der Waals surface area contributed by atoms with Crippen molar-refractivity contribution in [2.75, 3.05) is 24.9 Å². The number of aromatic hydroxyl groups is 1. The molecule has 3 aromatic rings. The lowest BCUT2D eigenvalue weighted by molar-refractivity contribution is -0.385. The van der Waals surface area contributed by atoms with Crippen molar-refractivity contribution in [3.05, 3.63) is 80.9 Å². The number of hydrogen-bond acceptors (Lipinski definition) is 7. The molecule has 0 atom stereocenters. The van der Waals surface area contributed by atoms with E-state index in [1.54, 1.807) is 50.2 Å².